The van der Waals surface area contributed by atoms with E-state index in [0.29, 0.717) is 34.2 Å². The second-order valence-corrected chi connectivity index (χ2v) is 7.89. The average molecular weight is 466 g/mol. The molecule has 7 heteroatoms. The number of hydrogen-bond donors (Lipinski definition) is 1. The fraction of sp³-hybridized carbons (Fsp3) is 0.231. The lowest BCUT2D eigenvalue weighted by atomic mass is 10.0. The third kappa shape index (κ3) is 6.23. The molecule has 0 unspecified atom stereocenters. The van der Waals surface area contributed by atoms with Gasteiger partial charge in [-0.1, -0.05) is 37.3 Å². The van der Waals surface area contributed by atoms with Crippen molar-refractivity contribution < 1.29 is 23.8 Å². The molecule has 3 aromatic rings. The van der Waals surface area contributed by atoms with Gasteiger partial charge in [0.25, 0.3) is 0 Å². The fourth-order valence-electron chi connectivity index (χ4n) is 3.12. The van der Waals surface area contributed by atoms with Gasteiger partial charge in [0, 0.05) is 22.6 Å². The van der Waals surface area contributed by atoms with Gasteiger partial charge in [0.1, 0.15) is 22.1 Å². The lowest BCUT2D eigenvalue weighted by Crippen LogP contribution is -2.12. The number of carbonyl (C=O) groups excluding carboxylic acids is 2. The predicted molar refractivity (Wildman–Crippen MR) is 132 cm³/mol. The zero-order valence-corrected chi connectivity index (χ0v) is 19.7. The monoisotopic (exact) mass is 465 g/mol. The molecule has 0 aliphatic heterocycles. The van der Waals surface area contributed by atoms with Crippen LogP contribution in [0.25, 0.3) is 17.2 Å². The van der Waals surface area contributed by atoms with Crippen molar-refractivity contribution in [3.05, 3.63) is 71.1 Å². The van der Waals surface area contributed by atoms with Crippen LogP contribution in [0.2, 0.25) is 0 Å². The summed E-state index contributed by atoms with van der Waals surface area (Å²) in [5.74, 6) is 0.596. The maximum atomic E-state index is 12.7. The zero-order valence-electron chi connectivity index (χ0n) is 18.9. The number of amides is 1. The summed E-state index contributed by atoms with van der Waals surface area (Å²) in [6.45, 7) is 4.62. The van der Waals surface area contributed by atoms with Crippen molar-refractivity contribution in [1.82, 2.24) is 0 Å². The number of benzene rings is 2. The molecule has 0 aliphatic rings. The van der Waals surface area contributed by atoms with Crippen LogP contribution in [-0.2, 0) is 9.53 Å². The van der Waals surface area contributed by atoms with Gasteiger partial charge in [-0.15, -0.1) is 11.3 Å². The summed E-state index contributed by atoms with van der Waals surface area (Å²) < 4.78 is 16.2. The lowest BCUT2D eigenvalue weighted by Gasteiger charge is -2.09. The summed E-state index contributed by atoms with van der Waals surface area (Å²) in [5, 5.41) is 5.09. The number of esters is 1. The second kappa shape index (κ2) is 11.9. The van der Waals surface area contributed by atoms with E-state index in [9.17, 15) is 9.59 Å². The molecule has 0 aliphatic carbocycles. The van der Waals surface area contributed by atoms with Gasteiger partial charge in [-0.25, -0.2) is 4.79 Å². The summed E-state index contributed by atoms with van der Waals surface area (Å²) in [7, 11) is 1.60. The van der Waals surface area contributed by atoms with Crippen LogP contribution in [0.4, 0.5) is 5.00 Å². The van der Waals surface area contributed by atoms with Gasteiger partial charge in [-0.2, -0.15) is 0 Å². The van der Waals surface area contributed by atoms with E-state index >= 15 is 0 Å². The second-order valence-electron chi connectivity index (χ2n) is 7.01. The van der Waals surface area contributed by atoms with Gasteiger partial charge in [-0.05, 0) is 43.2 Å². The molecule has 0 saturated heterocycles. The molecular formula is C26H27NO5S. The summed E-state index contributed by atoms with van der Waals surface area (Å²) in [4.78, 5) is 25.4. The van der Waals surface area contributed by atoms with Crippen LogP contribution >= 0.6 is 11.3 Å². The highest BCUT2D eigenvalue weighted by Gasteiger charge is 2.22. The number of hydrogen-bond acceptors (Lipinski definition) is 6. The quantitative estimate of drug-likeness (QED) is 0.292. The summed E-state index contributed by atoms with van der Waals surface area (Å²) in [5.41, 5.74) is 2.66. The minimum absolute atomic E-state index is 0.235. The van der Waals surface area contributed by atoms with E-state index in [1.807, 2.05) is 60.8 Å². The smallest absolute Gasteiger partial charge is 0.341 e. The summed E-state index contributed by atoms with van der Waals surface area (Å²) >= 11 is 1.28. The van der Waals surface area contributed by atoms with Crippen LogP contribution in [0.15, 0.2) is 60.0 Å². The van der Waals surface area contributed by atoms with Crippen molar-refractivity contribution in [3.8, 4) is 22.6 Å². The standard InChI is InChI=1S/C26H27NO5S/c1-4-16-32-22-9-7-6-8-19(22)12-15-23(28)27-25-24(26(29)31-5-2)21(17-33-25)18-10-13-20(30-3)14-11-18/h6-15,17H,4-5,16H2,1-3H3,(H,27,28)/b15-12+. The van der Waals surface area contributed by atoms with E-state index in [0.717, 1.165) is 17.5 Å². The van der Waals surface area contributed by atoms with Gasteiger partial charge < -0.3 is 19.5 Å². The number of ether oxygens (including phenoxy) is 3. The number of anilines is 1. The van der Waals surface area contributed by atoms with Crippen molar-refractivity contribution in [1.29, 1.82) is 0 Å². The Labute approximate surface area is 197 Å². The third-order valence-electron chi connectivity index (χ3n) is 4.70. The first-order valence-corrected chi connectivity index (χ1v) is 11.6. The molecular weight excluding hydrogens is 438 g/mol. The number of thiophene rings is 1. The topological polar surface area (TPSA) is 73.9 Å². The highest BCUT2D eigenvalue weighted by atomic mass is 32.1. The Morgan fingerprint density at radius 3 is 2.52 bits per heavy atom. The number of carbonyl (C=O) groups is 2. The first-order chi connectivity index (χ1) is 16.1. The van der Waals surface area contributed by atoms with Crippen molar-refractivity contribution in [2.24, 2.45) is 0 Å². The maximum Gasteiger partial charge on any atom is 0.341 e. The van der Waals surface area contributed by atoms with Crippen LogP contribution in [-0.4, -0.2) is 32.2 Å². The van der Waals surface area contributed by atoms with E-state index in [1.165, 1.54) is 17.4 Å². The highest BCUT2D eigenvalue weighted by Crippen LogP contribution is 2.37. The Morgan fingerprint density at radius 1 is 1.06 bits per heavy atom. The van der Waals surface area contributed by atoms with Gasteiger partial charge in [0.05, 0.1) is 20.3 Å². The van der Waals surface area contributed by atoms with E-state index in [4.69, 9.17) is 14.2 Å². The fourth-order valence-corrected chi connectivity index (χ4v) is 4.08. The van der Waals surface area contributed by atoms with Gasteiger partial charge in [0.15, 0.2) is 0 Å². The molecule has 6 nitrogen and oxygen atoms in total. The maximum absolute atomic E-state index is 12.7. The Kier molecular flexibility index (Phi) is 8.66. The third-order valence-corrected chi connectivity index (χ3v) is 5.60. The van der Waals surface area contributed by atoms with Crippen molar-refractivity contribution >= 4 is 34.3 Å². The molecule has 0 fully saturated rings. The van der Waals surface area contributed by atoms with E-state index in [2.05, 4.69) is 5.32 Å². The molecule has 1 heterocycles. The van der Waals surface area contributed by atoms with Crippen LogP contribution in [0.5, 0.6) is 11.5 Å². The first-order valence-electron chi connectivity index (χ1n) is 10.7. The molecule has 2 aromatic carbocycles. The van der Waals surface area contributed by atoms with Crippen molar-refractivity contribution in [2.45, 2.75) is 20.3 Å². The van der Waals surface area contributed by atoms with Crippen LogP contribution in [0, 0.1) is 0 Å². The molecule has 1 aromatic heterocycles. The average Bonchev–Trinajstić information content (AvgIpc) is 3.25. The molecule has 0 atom stereocenters. The minimum Gasteiger partial charge on any atom is -0.497 e. The highest BCUT2D eigenvalue weighted by molar-refractivity contribution is 7.15. The molecule has 0 bridgehead atoms. The van der Waals surface area contributed by atoms with Gasteiger partial charge in [0.2, 0.25) is 5.91 Å². The Hall–Kier alpha value is -3.58. The largest absolute Gasteiger partial charge is 0.497 e. The SMILES string of the molecule is CCCOc1ccccc1/C=C/C(=O)Nc1scc(-c2ccc(OC)cc2)c1C(=O)OCC. The Bertz CT molecular complexity index is 1120. The van der Waals surface area contributed by atoms with Gasteiger partial charge in [-0.3, -0.25) is 4.79 Å². The van der Waals surface area contributed by atoms with E-state index < -0.39 is 5.97 Å². The summed E-state index contributed by atoms with van der Waals surface area (Å²) in [6.07, 6.45) is 4.02. The molecule has 0 radical (unpaired) electrons. The molecule has 3 rings (SSSR count). The molecule has 33 heavy (non-hydrogen) atoms. The molecule has 0 spiro atoms. The van der Waals surface area contributed by atoms with E-state index in [-0.39, 0.29) is 12.5 Å². The first kappa shape index (κ1) is 24.1. The minimum atomic E-state index is -0.484. The Morgan fingerprint density at radius 2 is 1.82 bits per heavy atom. The molecule has 172 valence electrons. The normalized spacial score (nSPS) is 10.8. The van der Waals surface area contributed by atoms with Crippen LogP contribution in [0.3, 0.4) is 0 Å². The number of methoxy groups -OCH3 is 1. The van der Waals surface area contributed by atoms with Crippen molar-refractivity contribution in [2.75, 3.05) is 25.6 Å². The van der Waals surface area contributed by atoms with Crippen LogP contribution in [0.1, 0.15) is 36.2 Å². The van der Waals surface area contributed by atoms with Crippen LogP contribution < -0.4 is 14.8 Å². The molecule has 1 N–H and O–H groups in total. The zero-order chi connectivity index (χ0) is 23.6. The number of rotatable bonds is 10. The predicted octanol–water partition coefficient (Wildman–Crippen LogP) is 6.04. The van der Waals surface area contributed by atoms with Crippen molar-refractivity contribution in [3.63, 3.8) is 0 Å². The molecule has 0 saturated carbocycles. The lowest BCUT2D eigenvalue weighted by molar-refractivity contribution is -0.111. The number of nitrogens with one attached hydrogen (secondary N) is 1. The van der Waals surface area contributed by atoms with E-state index in [1.54, 1.807) is 20.1 Å². The Balaban J connectivity index is 1.84. The summed E-state index contributed by atoms with van der Waals surface area (Å²) in [6, 6.07) is 14.9. The van der Waals surface area contributed by atoms with Gasteiger partial charge >= 0.3 is 5.97 Å². The number of para-hydroxylation sites is 1. The molecule has 1 amide bonds.